The number of ether oxygens (including phenoxy) is 2. The number of hydrogen-bond donors (Lipinski definition) is 2. The van der Waals surface area contributed by atoms with Crippen LogP contribution < -0.4 is 9.46 Å². The molecule has 0 spiro atoms. The second-order valence-electron chi connectivity index (χ2n) is 10.1. The summed E-state index contributed by atoms with van der Waals surface area (Å²) in [4.78, 5) is 4.17. The van der Waals surface area contributed by atoms with Gasteiger partial charge in [0.1, 0.15) is 24.4 Å². The Morgan fingerprint density at radius 3 is 2.44 bits per heavy atom. The molecule has 0 saturated carbocycles. The van der Waals surface area contributed by atoms with Gasteiger partial charge in [-0.05, 0) is 58.0 Å². The molecule has 5 rings (SSSR count). The van der Waals surface area contributed by atoms with Crippen molar-refractivity contribution in [2.45, 2.75) is 19.1 Å². The number of aliphatic hydroxyl groups is 1. The third-order valence-electron chi connectivity index (χ3n) is 7.24. The Morgan fingerprint density at radius 1 is 1.09 bits per heavy atom. The largest absolute Gasteiger partial charge is 0.489 e. The molecule has 3 aromatic carbocycles. The molecule has 2 heterocycles. The molecule has 15 heteroatoms. The number of aromatic nitrogens is 4. The van der Waals surface area contributed by atoms with Gasteiger partial charge in [-0.25, -0.2) is 14.4 Å². The van der Waals surface area contributed by atoms with Gasteiger partial charge in [-0.3, -0.25) is 4.99 Å². The first-order valence-corrected chi connectivity index (χ1v) is 15.6. The average Bonchev–Trinajstić information content (AvgIpc) is 3.73. The fourth-order valence-corrected chi connectivity index (χ4v) is 6.04. The lowest BCUT2D eigenvalue weighted by molar-refractivity contribution is 0.103. The Balaban J connectivity index is 1.35. The molecule has 0 aliphatic carbocycles. The van der Waals surface area contributed by atoms with Gasteiger partial charge in [0.25, 0.3) is 0 Å². The van der Waals surface area contributed by atoms with Crippen LogP contribution in [0.5, 0.6) is 5.75 Å². The van der Waals surface area contributed by atoms with Gasteiger partial charge in [-0.15, -0.1) is 5.10 Å². The Bertz CT molecular complexity index is 1720. The zero-order chi connectivity index (χ0) is 31.9. The summed E-state index contributed by atoms with van der Waals surface area (Å²) in [6.45, 7) is 2.65. The SMILES string of the molecule is CCN(CCOC)S(=O)(=O)NC(=NC)N1CC(O)(c2ccccc2)C(c2ccc(OCc3ccc(-n4cnnn4)cc3)cc2)=N1. The summed E-state index contributed by atoms with van der Waals surface area (Å²) in [5.74, 6) is 0.600. The van der Waals surface area contributed by atoms with E-state index in [1.165, 1.54) is 29.8 Å². The van der Waals surface area contributed by atoms with Crippen LogP contribution in [0.4, 0.5) is 0 Å². The molecular formula is C30H35N9O5S. The molecule has 1 aliphatic rings. The van der Waals surface area contributed by atoms with Crippen molar-refractivity contribution >= 4 is 21.9 Å². The number of rotatable bonds is 12. The van der Waals surface area contributed by atoms with E-state index in [2.05, 4.69) is 30.3 Å². The van der Waals surface area contributed by atoms with Crippen LogP contribution in [0.25, 0.3) is 5.69 Å². The van der Waals surface area contributed by atoms with Crippen molar-refractivity contribution in [2.75, 3.05) is 40.4 Å². The zero-order valence-corrected chi connectivity index (χ0v) is 26.0. The van der Waals surface area contributed by atoms with Crippen molar-refractivity contribution in [3.63, 3.8) is 0 Å². The topological polar surface area (TPSA) is 160 Å². The summed E-state index contributed by atoms with van der Waals surface area (Å²) < 4.78 is 42.7. The number of aliphatic imine (C=N–C) groups is 1. The lowest BCUT2D eigenvalue weighted by atomic mass is 9.86. The van der Waals surface area contributed by atoms with E-state index >= 15 is 0 Å². The van der Waals surface area contributed by atoms with E-state index in [-0.39, 0.29) is 32.2 Å². The molecule has 45 heavy (non-hydrogen) atoms. The van der Waals surface area contributed by atoms with Crippen LogP contribution in [0.1, 0.15) is 23.6 Å². The van der Waals surface area contributed by atoms with Gasteiger partial charge < -0.3 is 14.6 Å². The molecule has 0 fully saturated rings. The van der Waals surface area contributed by atoms with Gasteiger partial charge in [0.2, 0.25) is 5.96 Å². The van der Waals surface area contributed by atoms with Gasteiger partial charge in [0.15, 0.2) is 5.60 Å². The number of nitrogens with zero attached hydrogens (tertiary/aromatic N) is 8. The highest BCUT2D eigenvalue weighted by Crippen LogP contribution is 2.33. The molecule has 0 radical (unpaired) electrons. The number of tetrazole rings is 1. The highest BCUT2D eigenvalue weighted by molar-refractivity contribution is 7.87. The van der Waals surface area contributed by atoms with Crippen molar-refractivity contribution in [3.8, 4) is 11.4 Å². The molecule has 236 valence electrons. The maximum atomic E-state index is 13.2. The Kier molecular flexibility index (Phi) is 9.83. The fourth-order valence-electron chi connectivity index (χ4n) is 4.83. The molecule has 4 aromatic rings. The summed E-state index contributed by atoms with van der Waals surface area (Å²) in [6.07, 6.45) is 1.53. The first kappa shape index (κ1) is 31.7. The molecule has 1 unspecified atom stereocenters. The third kappa shape index (κ3) is 7.17. The zero-order valence-electron chi connectivity index (χ0n) is 25.2. The van der Waals surface area contributed by atoms with Gasteiger partial charge in [-0.1, -0.05) is 49.4 Å². The van der Waals surface area contributed by atoms with Crippen LogP contribution in [0.15, 0.2) is 95.3 Å². The average molecular weight is 634 g/mol. The van der Waals surface area contributed by atoms with Crippen molar-refractivity contribution in [3.05, 3.63) is 102 Å². The predicted octanol–water partition coefficient (Wildman–Crippen LogP) is 1.94. The lowest BCUT2D eigenvalue weighted by Crippen LogP contribution is -2.50. The summed E-state index contributed by atoms with van der Waals surface area (Å²) in [7, 11) is -1.00. The van der Waals surface area contributed by atoms with Gasteiger partial charge >= 0.3 is 10.2 Å². The molecule has 1 aromatic heterocycles. The van der Waals surface area contributed by atoms with E-state index in [4.69, 9.17) is 9.47 Å². The Labute approximate surface area is 261 Å². The molecule has 1 aliphatic heterocycles. The number of likely N-dealkylation sites (N-methyl/N-ethyl adjacent to an activating group) is 1. The first-order chi connectivity index (χ1) is 21.8. The Hall–Kier alpha value is -4.70. The standard InChI is InChI=1S/C30H35N9O5S/c1-4-37(18-19-43-3)45(41,42)34-29(31-2)38-21-30(40,25-8-6-5-7-9-25)28(33-38)24-12-16-27(17-13-24)44-20-23-10-14-26(15-11-23)39-22-32-35-36-39/h5-17,22,40H,4,18-21H2,1-3H3,(H,31,34). The first-order valence-electron chi connectivity index (χ1n) is 14.2. The van der Waals surface area contributed by atoms with Crippen LogP contribution >= 0.6 is 0 Å². The highest BCUT2D eigenvalue weighted by atomic mass is 32.2. The fraction of sp³-hybridized carbons (Fsp3) is 0.300. The van der Waals surface area contributed by atoms with Crippen LogP contribution in [-0.4, -0.2) is 95.1 Å². The number of β-amino-alcohol motifs (C(OH)–C–C–N with tert-alkyl or cyclic N) is 1. The quantitative estimate of drug-likeness (QED) is 0.176. The molecule has 0 amide bonds. The van der Waals surface area contributed by atoms with Crippen molar-refractivity contribution < 1.29 is 23.0 Å². The predicted molar refractivity (Wildman–Crippen MR) is 168 cm³/mol. The van der Waals surface area contributed by atoms with Crippen molar-refractivity contribution in [1.29, 1.82) is 0 Å². The molecule has 2 N–H and O–H groups in total. The monoisotopic (exact) mass is 633 g/mol. The third-order valence-corrected chi connectivity index (χ3v) is 8.80. The summed E-state index contributed by atoms with van der Waals surface area (Å²) >= 11 is 0. The lowest BCUT2D eigenvalue weighted by Gasteiger charge is -2.27. The summed E-state index contributed by atoms with van der Waals surface area (Å²) in [6, 6.07) is 24.0. The molecular weight excluding hydrogens is 598 g/mol. The van der Waals surface area contributed by atoms with Crippen LogP contribution in [0.3, 0.4) is 0 Å². The van der Waals surface area contributed by atoms with E-state index in [0.717, 1.165) is 11.3 Å². The summed E-state index contributed by atoms with van der Waals surface area (Å²) in [5, 5.41) is 29.3. The molecule has 0 bridgehead atoms. The van der Waals surface area contributed by atoms with Gasteiger partial charge in [-0.2, -0.15) is 17.8 Å². The molecule has 1 atom stereocenters. The Morgan fingerprint density at radius 2 is 1.82 bits per heavy atom. The van der Waals surface area contributed by atoms with E-state index in [1.807, 2.05) is 54.6 Å². The minimum absolute atomic E-state index is 0.0266. The highest BCUT2D eigenvalue weighted by Gasteiger charge is 2.45. The number of benzene rings is 3. The second-order valence-corrected chi connectivity index (χ2v) is 11.8. The van der Waals surface area contributed by atoms with Crippen LogP contribution in [-0.2, 0) is 27.2 Å². The second kappa shape index (κ2) is 13.9. The van der Waals surface area contributed by atoms with Crippen LogP contribution in [0, 0.1) is 0 Å². The number of nitrogens with one attached hydrogen (secondary N) is 1. The number of methoxy groups -OCH3 is 1. The number of hydrazone groups is 1. The smallest absolute Gasteiger partial charge is 0.304 e. The number of guanidine groups is 1. The minimum atomic E-state index is -3.97. The van der Waals surface area contributed by atoms with Crippen LogP contribution in [0.2, 0.25) is 0 Å². The van der Waals surface area contributed by atoms with Gasteiger partial charge in [0, 0.05) is 32.8 Å². The van der Waals surface area contributed by atoms with Crippen molar-refractivity contribution in [2.24, 2.45) is 10.1 Å². The van der Waals surface area contributed by atoms with E-state index in [0.29, 0.717) is 29.2 Å². The van der Waals surface area contributed by atoms with E-state index in [1.54, 1.807) is 35.9 Å². The minimum Gasteiger partial charge on any atom is -0.489 e. The molecule has 14 nitrogen and oxygen atoms in total. The summed E-state index contributed by atoms with van der Waals surface area (Å²) in [5.41, 5.74) is 1.81. The molecule has 0 saturated heterocycles. The maximum absolute atomic E-state index is 13.2. The number of hydrogen-bond acceptors (Lipinski definition) is 10. The van der Waals surface area contributed by atoms with E-state index < -0.39 is 15.8 Å². The maximum Gasteiger partial charge on any atom is 0.304 e. The van der Waals surface area contributed by atoms with Crippen molar-refractivity contribution in [1.82, 2.24) is 34.2 Å². The normalized spacial score (nSPS) is 17.0. The van der Waals surface area contributed by atoms with E-state index in [9.17, 15) is 13.5 Å². The van der Waals surface area contributed by atoms with Gasteiger partial charge in [0.05, 0.1) is 18.8 Å².